The molecule has 0 aliphatic heterocycles. The Morgan fingerprint density at radius 2 is 0.409 bits per heavy atom. The Labute approximate surface area is 537 Å². The van der Waals surface area contributed by atoms with Crippen molar-refractivity contribution in [3.05, 3.63) is 340 Å². The van der Waals surface area contributed by atoms with Gasteiger partial charge in [0.15, 0.2) is 17.5 Å². The van der Waals surface area contributed by atoms with E-state index in [2.05, 4.69) is 317 Å². The summed E-state index contributed by atoms with van der Waals surface area (Å²) in [4.78, 5) is 15.3. The molecule has 0 aliphatic rings. The van der Waals surface area contributed by atoms with Gasteiger partial charge < -0.3 is 13.7 Å². The van der Waals surface area contributed by atoms with E-state index >= 15 is 0 Å². The number of hydrogen-bond donors (Lipinski definition) is 0. The number of nitrogens with zero attached hydrogens (tertiary/aromatic N) is 6. The van der Waals surface area contributed by atoms with Crippen LogP contribution in [0.4, 0.5) is 0 Å². The zero-order chi connectivity index (χ0) is 61.3. The molecule has 4 heterocycles. The van der Waals surface area contributed by atoms with Gasteiger partial charge >= 0.3 is 0 Å². The molecule has 0 atom stereocenters. The van der Waals surface area contributed by atoms with Gasteiger partial charge in [0.25, 0.3) is 0 Å². The van der Waals surface area contributed by atoms with Gasteiger partial charge in [-0.2, -0.15) is 0 Å². The summed E-state index contributed by atoms with van der Waals surface area (Å²) in [5.74, 6) is 1.88. The second-order valence-electron chi connectivity index (χ2n) is 24.0. The summed E-state index contributed by atoms with van der Waals surface area (Å²) < 4.78 is 7.23. The van der Waals surface area contributed by atoms with Gasteiger partial charge in [0.1, 0.15) is 0 Å². The molecule has 0 bridgehead atoms. The van der Waals surface area contributed by atoms with Crippen molar-refractivity contribution >= 4 is 65.4 Å². The van der Waals surface area contributed by atoms with Crippen molar-refractivity contribution in [1.82, 2.24) is 28.7 Å². The van der Waals surface area contributed by atoms with Gasteiger partial charge in [0.2, 0.25) is 0 Å². The summed E-state index contributed by atoms with van der Waals surface area (Å²) in [6.45, 7) is 0. The molecular weight excluding hydrogens is 1130 g/mol. The topological polar surface area (TPSA) is 53.5 Å². The Bertz CT molecular complexity index is 5850. The summed E-state index contributed by atoms with van der Waals surface area (Å²) in [5, 5.41) is 7.14. The molecule has 93 heavy (non-hydrogen) atoms. The molecule has 0 unspecified atom stereocenters. The van der Waals surface area contributed by atoms with Crippen LogP contribution in [0, 0.1) is 0 Å². The molecule has 18 aromatic rings. The van der Waals surface area contributed by atoms with Gasteiger partial charge in [-0.15, -0.1) is 0 Å². The molecule has 0 aliphatic carbocycles. The zero-order valence-corrected chi connectivity index (χ0v) is 50.5. The largest absolute Gasteiger partial charge is 0.309 e. The summed E-state index contributed by atoms with van der Waals surface area (Å²) in [6.07, 6.45) is 0. The van der Waals surface area contributed by atoms with E-state index in [1.54, 1.807) is 0 Å². The molecule has 6 heteroatoms. The van der Waals surface area contributed by atoms with Crippen LogP contribution in [0.1, 0.15) is 0 Å². The third-order valence-electron chi connectivity index (χ3n) is 18.5. The fraction of sp³-hybridized carbons (Fsp3) is 0. The molecule has 0 spiro atoms. The quantitative estimate of drug-likeness (QED) is 0.130. The first-order valence-electron chi connectivity index (χ1n) is 31.6. The molecule has 0 radical (unpaired) electrons. The van der Waals surface area contributed by atoms with Gasteiger partial charge in [-0.25, -0.2) is 15.0 Å². The molecule has 434 valence electrons. The first-order chi connectivity index (χ1) is 46.1. The average Bonchev–Trinajstić information content (AvgIpc) is 1.61. The lowest BCUT2D eigenvalue weighted by Crippen LogP contribution is -2.00. The first-order valence-corrected chi connectivity index (χ1v) is 31.6. The van der Waals surface area contributed by atoms with Crippen molar-refractivity contribution in [3.8, 4) is 107 Å². The predicted molar refractivity (Wildman–Crippen MR) is 386 cm³/mol. The number of benzene rings is 14. The van der Waals surface area contributed by atoms with E-state index in [-0.39, 0.29) is 0 Å². The van der Waals surface area contributed by atoms with Crippen LogP contribution in [0.5, 0.6) is 0 Å². The lowest BCUT2D eigenvalue weighted by atomic mass is 9.98. The standard InChI is InChI=1S/C87H56N6/c1-6-21-57(22-7-1)65-39-44-81-75(52-65)77-55-68(67-41-46-80-74(54-67)73-37-16-17-38-79(73)91(80)70-33-14-5-15-34-70)42-47-83(77)92(81)71-35-19-31-63(50-71)61-29-18-30-62(49-61)64-32-20-36-72(51-64)93-82-45-40-66(58-23-8-2-9-24-58)53-76(82)78-56-69(43-48-84(78)93)87-89-85(59-25-10-3-11-26-59)88-86(90-87)60-27-12-4-13-28-60/h1-56H. The van der Waals surface area contributed by atoms with E-state index in [0.717, 1.165) is 100.0 Å². The number of aromatic nitrogens is 6. The normalized spacial score (nSPS) is 11.7. The molecule has 0 saturated carbocycles. The molecule has 6 nitrogen and oxygen atoms in total. The second-order valence-corrected chi connectivity index (χ2v) is 24.0. The minimum Gasteiger partial charge on any atom is -0.309 e. The van der Waals surface area contributed by atoms with E-state index in [0.29, 0.717) is 17.5 Å². The third kappa shape index (κ3) is 9.39. The van der Waals surface area contributed by atoms with Crippen molar-refractivity contribution in [2.75, 3.05) is 0 Å². The minimum absolute atomic E-state index is 0.619. The molecule has 18 rings (SSSR count). The molecule has 4 aromatic heterocycles. The van der Waals surface area contributed by atoms with Crippen LogP contribution in [0.25, 0.3) is 172 Å². The highest BCUT2D eigenvalue weighted by atomic mass is 15.0. The maximum absolute atomic E-state index is 5.15. The number of hydrogen-bond acceptors (Lipinski definition) is 3. The van der Waals surface area contributed by atoms with Crippen molar-refractivity contribution in [3.63, 3.8) is 0 Å². The van der Waals surface area contributed by atoms with Crippen molar-refractivity contribution in [2.45, 2.75) is 0 Å². The highest BCUT2D eigenvalue weighted by molar-refractivity contribution is 6.14. The fourth-order valence-electron chi connectivity index (χ4n) is 14.0. The van der Waals surface area contributed by atoms with Gasteiger partial charge in [-0.05, 0) is 171 Å². The van der Waals surface area contributed by atoms with E-state index < -0.39 is 0 Å². The minimum atomic E-state index is 0.619. The summed E-state index contributed by atoms with van der Waals surface area (Å²) in [7, 11) is 0. The van der Waals surface area contributed by atoms with E-state index in [9.17, 15) is 0 Å². The van der Waals surface area contributed by atoms with Crippen LogP contribution < -0.4 is 0 Å². The van der Waals surface area contributed by atoms with Crippen LogP contribution in [0.15, 0.2) is 340 Å². The monoisotopic (exact) mass is 1180 g/mol. The van der Waals surface area contributed by atoms with Gasteiger partial charge in [0.05, 0.1) is 33.1 Å². The number of fused-ring (bicyclic) bond motifs is 9. The lowest BCUT2D eigenvalue weighted by molar-refractivity contribution is 1.07. The zero-order valence-electron chi connectivity index (χ0n) is 50.5. The lowest BCUT2D eigenvalue weighted by Gasteiger charge is -2.13. The molecule has 0 N–H and O–H groups in total. The Morgan fingerprint density at radius 3 is 0.839 bits per heavy atom. The smallest absolute Gasteiger partial charge is 0.164 e. The van der Waals surface area contributed by atoms with Crippen LogP contribution in [0.2, 0.25) is 0 Å². The summed E-state index contributed by atoms with van der Waals surface area (Å²) >= 11 is 0. The Hall–Kier alpha value is -12.5. The van der Waals surface area contributed by atoms with Crippen LogP contribution in [0.3, 0.4) is 0 Å². The van der Waals surface area contributed by atoms with E-state index in [1.165, 1.54) is 54.8 Å². The highest BCUT2D eigenvalue weighted by Gasteiger charge is 2.21. The highest BCUT2D eigenvalue weighted by Crippen LogP contribution is 2.43. The van der Waals surface area contributed by atoms with Crippen molar-refractivity contribution < 1.29 is 0 Å². The number of para-hydroxylation sites is 2. The van der Waals surface area contributed by atoms with Crippen molar-refractivity contribution in [1.29, 1.82) is 0 Å². The third-order valence-corrected chi connectivity index (χ3v) is 18.5. The Morgan fingerprint density at radius 1 is 0.151 bits per heavy atom. The van der Waals surface area contributed by atoms with E-state index in [1.807, 2.05) is 36.4 Å². The Balaban J connectivity index is 0.728. The molecule has 0 saturated heterocycles. The maximum atomic E-state index is 5.15. The predicted octanol–water partition coefficient (Wildman–Crippen LogP) is 22.5. The Kier molecular flexibility index (Phi) is 12.8. The van der Waals surface area contributed by atoms with Gasteiger partial charge in [0, 0.05) is 66.1 Å². The number of rotatable bonds is 11. The van der Waals surface area contributed by atoms with Crippen LogP contribution in [-0.4, -0.2) is 28.7 Å². The van der Waals surface area contributed by atoms with Gasteiger partial charge in [-0.1, -0.05) is 224 Å². The van der Waals surface area contributed by atoms with Crippen LogP contribution in [-0.2, 0) is 0 Å². The van der Waals surface area contributed by atoms with Crippen molar-refractivity contribution in [2.24, 2.45) is 0 Å². The van der Waals surface area contributed by atoms with Crippen LogP contribution >= 0.6 is 0 Å². The maximum Gasteiger partial charge on any atom is 0.164 e. The molecule has 14 aromatic carbocycles. The SMILES string of the molecule is c1ccc(-c2ccc3c(c2)c2cc(-c4ccc5c(c4)c4ccccc4n5-c4ccccc4)ccc2n3-c2cccc(-c3cccc(-c4cccc(-n5c6ccc(-c7ccccc7)cc6c6cc(-c7nc(-c8ccccc8)nc(-c8ccccc8)n7)ccc65)c4)c3)c2)cc1. The molecular formula is C87H56N6. The second kappa shape index (κ2) is 22.2. The molecule has 0 amide bonds. The first kappa shape index (κ1) is 53.5. The van der Waals surface area contributed by atoms with E-state index in [4.69, 9.17) is 15.0 Å². The van der Waals surface area contributed by atoms with Gasteiger partial charge in [-0.3, -0.25) is 0 Å². The fourth-order valence-corrected chi connectivity index (χ4v) is 14.0. The summed E-state index contributed by atoms with van der Waals surface area (Å²) in [6, 6.07) is 123. The summed E-state index contributed by atoms with van der Waals surface area (Å²) in [5.41, 5.74) is 24.6. The molecule has 0 fully saturated rings. The average molecular weight is 1190 g/mol.